The Hall–Kier alpha value is -4.43. The lowest BCUT2D eigenvalue weighted by atomic mass is 9.83. The Morgan fingerprint density at radius 1 is 0.955 bits per heavy atom. The minimum Gasteiger partial charge on any atom is -0.497 e. The molecule has 3 heterocycles. The largest absolute Gasteiger partial charge is 0.497 e. The van der Waals surface area contributed by atoms with Gasteiger partial charge in [-0.3, -0.25) is 23.7 Å². The van der Waals surface area contributed by atoms with Gasteiger partial charge in [-0.15, -0.1) is 0 Å². The topological polar surface area (TPSA) is 97.7 Å². The molecule has 0 unspecified atom stereocenters. The van der Waals surface area contributed by atoms with Gasteiger partial charge in [0.2, 0.25) is 17.7 Å². The summed E-state index contributed by atoms with van der Waals surface area (Å²) in [5.74, 6) is -3.68. The van der Waals surface area contributed by atoms with E-state index in [0.717, 1.165) is 56.8 Å². The summed E-state index contributed by atoms with van der Waals surface area (Å²) in [5.41, 5.74) is -0.701. The summed E-state index contributed by atoms with van der Waals surface area (Å²) < 4.78 is 60.4. The van der Waals surface area contributed by atoms with Crippen molar-refractivity contribution in [2.24, 2.45) is 5.92 Å². The van der Waals surface area contributed by atoms with Gasteiger partial charge in [0.05, 0.1) is 35.0 Å². The molecule has 1 aromatic heterocycles. The van der Waals surface area contributed by atoms with Crippen LogP contribution in [0.15, 0.2) is 82.6 Å². The summed E-state index contributed by atoms with van der Waals surface area (Å²) in [6.07, 6.45) is -4.72. The second-order valence-corrected chi connectivity index (χ2v) is 12.1. The lowest BCUT2D eigenvalue weighted by molar-refractivity contribution is -0.137. The zero-order chi connectivity index (χ0) is 31.3. The number of rotatable bonds is 6. The number of hydrogen-bond acceptors (Lipinski definition) is 7. The number of thiazole rings is 1. The van der Waals surface area contributed by atoms with Crippen molar-refractivity contribution in [1.82, 2.24) is 4.57 Å². The number of ether oxygens (including phenoxy) is 1. The Kier molecular flexibility index (Phi) is 7.58. The average molecular weight is 644 g/mol. The van der Waals surface area contributed by atoms with Crippen molar-refractivity contribution >= 4 is 52.2 Å². The number of carbonyl (C=O) groups excluding carboxylic acids is 3. The number of nitrogens with one attached hydrogen (secondary N) is 1. The van der Waals surface area contributed by atoms with Gasteiger partial charge in [0.15, 0.2) is 0 Å². The van der Waals surface area contributed by atoms with Crippen molar-refractivity contribution < 1.29 is 36.7 Å². The maximum atomic E-state index is 13.9. The molecule has 0 bridgehead atoms. The number of halogens is 4. The highest BCUT2D eigenvalue weighted by atomic mass is 32.2. The second kappa shape index (κ2) is 11.2. The van der Waals surface area contributed by atoms with Crippen molar-refractivity contribution in [3.8, 4) is 5.75 Å². The molecular formula is C30H21F4N3O5S2. The Morgan fingerprint density at radius 2 is 1.64 bits per heavy atom. The molecule has 3 atom stereocenters. The number of amides is 3. The fraction of sp³-hybridized carbons (Fsp3) is 0.200. The minimum atomic E-state index is -4.72. The van der Waals surface area contributed by atoms with Crippen LogP contribution in [-0.2, 0) is 27.1 Å². The van der Waals surface area contributed by atoms with Crippen molar-refractivity contribution in [3.05, 3.63) is 104 Å². The summed E-state index contributed by atoms with van der Waals surface area (Å²) in [5, 5.41) is 1.51. The van der Waals surface area contributed by atoms with Crippen LogP contribution in [-0.4, -0.2) is 34.6 Å². The van der Waals surface area contributed by atoms with E-state index in [-0.39, 0.29) is 10.7 Å². The summed E-state index contributed by atoms with van der Waals surface area (Å²) >= 11 is 1.75. The van der Waals surface area contributed by atoms with Crippen LogP contribution >= 0.6 is 23.1 Å². The highest BCUT2D eigenvalue weighted by Crippen LogP contribution is 2.54. The minimum absolute atomic E-state index is 0.188. The molecule has 0 aliphatic carbocycles. The number of fused-ring (bicyclic) bond motifs is 2. The average Bonchev–Trinajstić information content (AvgIpc) is 3.43. The van der Waals surface area contributed by atoms with Crippen LogP contribution < -0.4 is 19.8 Å². The third-order valence-electron chi connectivity index (χ3n) is 7.42. The Labute approximate surface area is 255 Å². The number of nitrogens with zero attached hydrogens (tertiary/aromatic N) is 2. The van der Waals surface area contributed by atoms with Gasteiger partial charge in [0, 0.05) is 10.8 Å². The number of aromatic nitrogens is 1. The zero-order valence-corrected chi connectivity index (χ0v) is 24.3. The van der Waals surface area contributed by atoms with Crippen LogP contribution in [0.25, 0.3) is 0 Å². The van der Waals surface area contributed by atoms with E-state index in [9.17, 15) is 36.7 Å². The maximum absolute atomic E-state index is 13.9. The van der Waals surface area contributed by atoms with Crippen molar-refractivity contribution in [2.45, 2.75) is 28.9 Å². The first kappa shape index (κ1) is 29.6. The molecule has 8 nitrogen and oxygen atoms in total. The summed E-state index contributed by atoms with van der Waals surface area (Å²) in [4.78, 5) is 54.8. The number of para-hydroxylation sites is 1. The number of benzene rings is 3. The van der Waals surface area contributed by atoms with Crippen LogP contribution in [0.5, 0.6) is 5.75 Å². The van der Waals surface area contributed by atoms with Crippen molar-refractivity contribution in [2.75, 3.05) is 17.3 Å². The third kappa shape index (κ3) is 5.17. The number of hydrogen-bond donors (Lipinski definition) is 1. The van der Waals surface area contributed by atoms with Gasteiger partial charge in [-0.05, 0) is 54.1 Å². The van der Waals surface area contributed by atoms with E-state index in [2.05, 4.69) is 5.32 Å². The summed E-state index contributed by atoms with van der Waals surface area (Å²) in [6.45, 7) is -0.625. The molecule has 44 heavy (non-hydrogen) atoms. The van der Waals surface area contributed by atoms with Gasteiger partial charge < -0.3 is 10.1 Å². The molecule has 14 heteroatoms. The molecule has 3 aromatic carbocycles. The van der Waals surface area contributed by atoms with Gasteiger partial charge in [0.1, 0.15) is 23.4 Å². The quantitative estimate of drug-likeness (QED) is 0.220. The molecule has 1 saturated heterocycles. The van der Waals surface area contributed by atoms with Crippen LogP contribution in [0.4, 0.5) is 28.9 Å². The van der Waals surface area contributed by atoms with Crippen molar-refractivity contribution in [3.63, 3.8) is 0 Å². The van der Waals surface area contributed by atoms with E-state index >= 15 is 0 Å². The predicted molar refractivity (Wildman–Crippen MR) is 156 cm³/mol. The number of carbonyl (C=O) groups is 3. The van der Waals surface area contributed by atoms with Gasteiger partial charge in [0.25, 0.3) is 0 Å². The Balaban J connectivity index is 1.40. The van der Waals surface area contributed by atoms with Crippen LogP contribution in [0.3, 0.4) is 0 Å². The Bertz CT molecular complexity index is 1840. The molecule has 2 aliphatic heterocycles. The van der Waals surface area contributed by atoms with Gasteiger partial charge in [-0.25, -0.2) is 9.29 Å². The van der Waals surface area contributed by atoms with E-state index in [1.54, 1.807) is 24.3 Å². The smallest absolute Gasteiger partial charge is 0.418 e. The van der Waals surface area contributed by atoms with E-state index < -0.39 is 69.5 Å². The highest BCUT2D eigenvalue weighted by Gasteiger charge is 2.56. The van der Waals surface area contributed by atoms with Crippen molar-refractivity contribution in [1.29, 1.82) is 0 Å². The van der Waals surface area contributed by atoms with E-state index in [0.29, 0.717) is 16.2 Å². The first-order valence-corrected chi connectivity index (χ1v) is 14.8. The number of anilines is 2. The zero-order valence-electron chi connectivity index (χ0n) is 22.6. The van der Waals surface area contributed by atoms with Crippen LogP contribution in [0.1, 0.15) is 21.9 Å². The molecule has 6 rings (SSSR count). The normalized spacial score (nSPS) is 19.5. The van der Waals surface area contributed by atoms with E-state index in [4.69, 9.17) is 4.74 Å². The lowest BCUT2D eigenvalue weighted by Crippen LogP contribution is -2.33. The number of methoxy groups -OCH3 is 1. The van der Waals surface area contributed by atoms with Crippen LogP contribution in [0, 0.1) is 11.7 Å². The fourth-order valence-electron chi connectivity index (χ4n) is 5.44. The van der Waals surface area contributed by atoms with Gasteiger partial charge >= 0.3 is 11.0 Å². The number of alkyl halides is 3. The maximum Gasteiger partial charge on any atom is 0.418 e. The molecule has 0 saturated carbocycles. The lowest BCUT2D eigenvalue weighted by Gasteiger charge is -2.30. The number of thioether (sulfide) groups is 1. The van der Waals surface area contributed by atoms with Gasteiger partial charge in [-0.2, -0.15) is 13.2 Å². The monoisotopic (exact) mass is 643 g/mol. The Morgan fingerprint density at radius 3 is 2.30 bits per heavy atom. The first-order chi connectivity index (χ1) is 21.0. The summed E-state index contributed by atoms with van der Waals surface area (Å²) in [7, 11) is 1.49. The molecule has 0 radical (unpaired) electrons. The molecule has 2 aliphatic rings. The standard InChI is InChI=1S/C30H21F4N3O5S2/c1-42-18-12-6-15(7-13-18)22-23-24(27(40)37(26(23)39)17-10-8-16(31)9-11-17)43-28-25(22)44-29(41)36(28)14-21(38)35-20-5-3-2-4-19(20)30(32,33)34/h2-13,22-24H,14H2,1H3,(H,35,38)/t22-,23-,24+/m0/s1. The van der Waals surface area contributed by atoms with Gasteiger partial charge in [-0.1, -0.05) is 47.4 Å². The molecule has 1 N–H and O–H groups in total. The molecule has 3 amide bonds. The molecule has 0 spiro atoms. The SMILES string of the molecule is COc1ccc([C@@H]2c3sc(=O)n(CC(=O)Nc4ccccc4C(F)(F)F)c3S[C@H]3C(=O)N(c4ccc(F)cc4)C(=O)[C@@H]23)cc1. The second-order valence-electron chi connectivity index (χ2n) is 10.0. The first-order valence-electron chi connectivity index (χ1n) is 13.1. The molecule has 4 aromatic rings. The van der Waals surface area contributed by atoms with E-state index in [1.165, 1.54) is 31.4 Å². The predicted octanol–water partition coefficient (Wildman–Crippen LogP) is 5.51. The fourth-order valence-corrected chi connectivity index (χ4v) is 8.22. The molecule has 226 valence electrons. The third-order valence-corrected chi connectivity index (χ3v) is 10.0. The molecule has 1 fully saturated rings. The molecular weight excluding hydrogens is 622 g/mol. The highest BCUT2D eigenvalue weighted by molar-refractivity contribution is 8.00. The summed E-state index contributed by atoms with van der Waals surface area (Å²) in [6, 6.07) is 16.2. The number of imide groups is 1. The van der Waals surface area contributed by atoms with E-state index in [1.807, 2.05) is 0 Å². The van der Waals surface area contributed by atoms with Crippen LogP contribution in [0.2, 0.25) is 0 Å².